The molecule has 5 nitrogen and oxygen atoms in total. The molecule has 0 fully saturated rings. The van der Waals surface area contributed by atoms with E-state index >= 15 is 0 Å². The van der Waals surface area contributed by atoms with Crippen molar-refractivity contribution in [2.75, 3.05) is 5.32 Å². The normalized spacial score (nSPS) is 15.5. The maximum atomic E-state index is 13.4. The van der Waals surface area contributed by atoms with Crippen LogP contribution in [0.2, 0.25) is 0 Å². The second-order valence-corrected chi connectivity index (χ2v) is 9.21. The predicted molar refractivity (Wildman–Crippen MR) is 122 cm³/mol. The lowest BCUT2D eigenvalue weighted by atomic mass is 9.88. The first-order valence-electron chi connectivity index (χ1n) is 10.4. The lowest BCUT2D eigenvalue weighted by molar-refractivity contribution is 0.102. The number of hydrogen-bond acceptors (Lipinski definition) is 5. The SMILES string of the molecule is Cc1ccc(-c2cc(C(=O)Nc3sc4c(c3C#N)CC[C@@H](C)C4)c3ccccc3n2)o1. The number of thiophene rings is 1. The highest BCUT2D eigenvalue weighted by Crippen LogP contribution is 2.39. The molecular weight excluding hydrogens is 406 g/mol. The summed E-state index contributed by atoms with van der Waals surface area (Å²) in [5.41, 5.74) is 3.56. The van der Waals surface area contributed by atoms with Crippen LogP contribution < -0.4 is 5.32 Å². The number of aromatic nitrogens is 1. The molecule has 0 unspecified atom stereocenters. The van der Waals surface area contributed by atoms with E-state index in [9.17, 15) is 10.1 Å². The maximum Gasteiger partial charge on any atom is 0.257 e. The van der Waals surface area contributed by atoms with Gasteiger partial charge in [-0.05, 0) is 61.9 Å². The van der Waals surface area contributed by atoms with E-state index in [0.29, 0.717) is 33.5 Å². The number of fused-ring (bicyclic) bond motifs is 2. The minimum Gasteiger partial charge on any atom is -0.460 e. The van der Waals surface area contributed by atoms with Crippen molar-refractivity contribution >= 4 is 33.1 Å². The standard InChI is InChI=1S/C25H21N3O2S/c1-14-7-9-17-19(13-26)25(31-23(17)11-14)28-24(29)18-12-21(22-10-8-15(2)30-22)27-20-6-4-3-5-16(18)20/h3-6,8,10,12,14H,7,9,11H2,1-2H3,(H,28,29)/t14-/m1/s1. The van der Waals surface area contributed by atoms with Crippen molar-refractivity contribution in [3.05, 3.63) is 69.8 Å². The van der Waals surface area contributed by atoms with E-state index < -0.39 is 0 Å². The van der Waals surface area contributed by atoms with Crippen molar-refractivity contribution in [1.29, 1.82) is 5.26 Å². The molecule has 1 aliphatic rings. The van der Waals surface area contributed by atoms with Gasteiger partial charge in [0, 0.05) is 10.3 Å². The highest BCUT2D eigenvalue weighted by molar-refractivity contribution is 7.16. The van der Waals surface area contributed by atoms with Gasteiger partial charge in [0.1, 0.15) is 22.5 Å². The number of anilines is 1. The summed E-state index contributed by atoms with van der Waals surface area (Å²) < 4.78 is 5.74. The number of aryl methyl sites for hydroxylation is 1. The molecule has 0 saturated heterocycles. The molecule has 3 aromatic heterocycles. The number of nitrogens with one attached hydrogen (secondary N) is 1. The molecule has 154 valence electrons. The van der Waals surface area contributed by atoms with Crippen LogP contribution in [0.25, 0.3) is 22.4 Å². The minimum absolute atomic E-state index is 0.244. The fraction of sp³-hybridized carbons (Fsp3) is 0.240. The zero-order chi connectivity index (χ0) is 21.5. The zero-order valence-electron chi connectivity index (χ0n) is 17.4. The first-order valence-corrected chi connectivity index (χ1v) is 11.2. The summed E-state index contributed by atoms with van der Waals surface area (Å²) in [4.78, 5) is 19.3. The first kappa shape index (κ1) is 19.5. The Morgan fingerprint density at radius 3 is 2.90 bits per heavy atom. The highest BCUT2D eigenvalue weighted by atomic mass is 32.1. The van der Waals surface area contributed by atoms with Crippen molar-refractivity contribution in [2.45, 2.75) is 33.1 Å². The van der Waals surface area contributed by atoms with E-state index in [0.717, 1.165) is 41.5 Å². The minimum atomic E-state index is -0.244. The first-order chi connectivity index (χ1) is 15.0. The van der Waals surface area contributed by atoms with Crippen LogP contribution in [-0.4, -0.2) is 10.9 Å². The van der Waals surface area contributed by atoms with E-state index in [4.69, 9.17) is 4.42 Å². The third-order valence-corrected chi connectivity index (χ3v) is 6.97. The third kappa shape index (κ3) is 3.51. The van der Waals surface area contributed by atoms with Crippen molar-refractivity contribution in [3.8, 4) is 17.5 Å². The van der Waals surface area contributed by atoms with E-state index in [2.05, 4.69) is 23.3 Å². The number of pyridine rings is 1. The second kappa shape index (κ2) is 7.68. The molecule has 6 heteroatoms. The van der Waals surface area contributed by atoms with Crippen LogP contribution in [-0.2, 0) is 12.8 Å². The van der Waals surface area contributed by atoms with Crippen molar-refractivity contribution in [2.24, 2.45) is 5.92 Å². The average Bonchev–Trinajstić information content (AvgIpc) is 3.35. The largest absolute Gasteiger partial charge is 0.460 e. The number of carbonyl (C=O) groups excluding carboxylic acids is 1. The topological polar surface area (TPSA) is 78.9 Å². The number of hydrogen-bond donors (Lipinski definition) is 1. The number of furan rings is 1. The van der Waals surface area contributed by atoms with Crippen LogP contribution in [0.15, 0.2) is 46.9 Å². The second-order valence-electron chi connectivity index (χ2n) is 8.10. The molecule has 1 atom stereocenters. The Balaban J connectivity index is 1.57. The summed E-state index contributed by atoms with van der Waals surface area (Å²) in [6.45, 7) is 4.11. The fourth-order valence-corrected chi connectivity index (χ4v) is 5.55. The number of para-hydroxylation sites is 1. The van der Waals surface area contributed by atoms with E-state index in [-0.39, 0.29) is 5.91 Å². The monoisotopic (exact) mass is 427 g/mol. The van der Waals surface area contributed by atoms with E-state index in [1.54, 1.807) is 6.07 Å². The van der Waals surface area contributed by atoms with Crippen molar-refractivity contribution < 1.29 is 9.21 Å². The summed E-state index contributed by atoms with van der Waals surface area (Å²) >= 11 is 1.53. The Bertz CT molecular complexity index is 1360. The van der Waals surface area contributed by atoms with Gasteiger partial charge in [0.15, 0.2) is 5.76 Å². The zero-order valence-corrected chi connectivity index (χ0v) is 18.2. The van der Waals surface area contributed by atoms with Gasteiger partial charge < -0.3 is 9.73 Å². The third-order valence-electron chi connectivity index (χ3n) is 5.80. The van der Waals surface area contributed by atoms with Gasteiger partial charge in [-0.1, -0.05) is 25.1 Å². The summed E-state index contributed by atoms with van der Waals surface area (Å²) in [7, 11) is 0. The number of rotatable bonds is 3. The molecule has 1 N–H and O–H groups in total. The van der Waals surface area contributed by atoms with Crippen LogP contribution >= 0.6 is 11.3 Å². The molecule has 0 radical (unpaired) electrons. The lowest BCUT2D eigenvalue weighted by Gasteiger charge is -2.17. The molecule has 5 rings (SSSR count). The summed E-state index contributed by atoms with van der Waals surface area (Å²) in [6, 6.07) is 15.4. The van der Waals surface area contributed by atoms with Crippen LogP contribution in [0.4, 0.5) is 5.00 Å². The lowest BCUT2D eigenvalue weighted by Crippen LogP contribution is -2.13. The Morgan fingerprint density at radius 2 is 2.13 bits per heavy atom. The Labute approximate surface area is 184 Å². The maximum absolute atomic E-state index is 13.4. The van der Waals surface area contributed by atoms with Crippen LogP contribution in [0.1, 0.15) is 45.5 Å². The van der Waals surface area contributed by atoms with Gasteiger partial charge >= 0.3 is 0 Å². The fourth-order valence-electron chi connectivity index (χ4n) is 4.19. The molecule has 4 aromatic rings. The quantitative estimate of drug-likeness (QED) is 0.428. The summed E-state index contributed by atoms with van der Waals surface area (Å²) in [5, 5.41) is 14.2. The van der Waals surface area contributed by atoms with Gasteiger partial charge in [-0.2, -0.15) is 5.26 Å². The van der Waals surface area contributed by atoms with E-state index in [1.807, 2.05) is 43.3 Å². The molecule has 1 aromatic carbocycles. The number of nitrogens with zero attached hydrogens (tertiary/aromatic N) is 2. The number of nitriles is 1. The van der Waals surface area contributed by atoms with Gasteiger partial charge in [-0.15, -0.1) is 11.3 Å². The molecule has 3 heterocycles. The van der Waals surface area contributed by atoms with Gasteiger partial charge in [-0.3, -0.25) is 4.79 Å². The predicted octanol–water partition coefficient (Wildman–Crippen LogP) is 6.11. The molecule has 0 bridgehead atoms. The van der Waals surface area contributed by atoms with Crippen LogP contribution in [0.5, 0.6) is 0 Å². The smallest absolute Gasteiger partial charge is 0.257 e. The molecular formula is C25H21N3O2S. The number of carbonyl (C=O) groups is 1. The summed E-state index contributed by atoms with van der Waals surface area (Å²) in [6.07, 6.45) is 2.93. The molecule has 31 heavy (non-hydrogen) atoms. The molecule has 1 amide bonds. The van der Waals surface area contributed by atoms with Gasteiger partial charge in [-0.25, -0.2) is 4.98 Å². The Kier molecular flexibility index (Phi) is 4.84. The van der Waals surface area contributed by atoms with Crippen LogP contribution in [0, 0.1) is 24.2 Å². The van der Waals surface area contributed by atoms with E-state index in [1.165, 1.54) is 16.2 Å². The highest BCUT2D eigenvalue weighted by Gasteiger charge is 2.25. The molecule has 0 spiro atoms. The number of benzene rings is 1. The average molecular weight is 428 g/mol. The Hall–Kier alpha value is -3.43. The van der Waals surface area contributed by atoms with Gasteiger partial charge in [0.25, 0.3) is 5.91 Å². The van der Waals surface area contributed by atoms with Gasteiger partial charge in [0.05, 0.1) is 16.6 Å². The van der Waals surface area contributed by atoms with Gasteiger partial charge in [0.2, 0.25) is 0 Å². The van der Waals surface area contributed by atoms with Crippen molar-refractivity contribution in [1.82, 2.24) is 4.98 Å². The Morgan fingerprint density at radius 1 is 1.29 bits per heavy atom. The molecule has 0 aliphatic heterocycles. The molecule has 1 aliphatic carbocycles. The molecule has 0 saturated carbocycles. The number of amides is 1. The van der Waals surface area contributed by atoms with Crippen LogP contribution in [0.3, 0.4) is 0 Å². The summed E-state index contributed by atoms with van der Waals surface area (Å²) in [5.74, 6) is 1.76. The van der Waals surface area contributed by atoms with Crippen molar-refractivity contribution in [3.63, 3.8) is 0 Å².